The Hall–Kier alpha value is -2.81. The van der Waals surface area contributed by atoms with Gasteiger partial charge in [-0.1, -0.05) is 31.2 Å². The fraction of sp³-hybridized carbons (Fsp3) is 0.105. The van der Waals surface area contributed by atoms with Gasteiger partial charge in [0.15, 0.2) is 0 Å². The lowest BCUT2D eigenvalue weighted by Gasteiger charge is -2.06. The van der Waals surface area contributed by atoms with Crippen LogP contribution in [0.4, 0.5) is 0 Å². The van der Waals surface area contributed by atoms with E-state index in [9.17, 15) is 9.90 Å². The highest BCUT2D eigenvalue weighted by molar-refractivity contribution is 5.96. The van der Waals surface area contributed by atoms with E-state index in [2.05, 4.69) is 6.92 Å². The Labute approximate surface area is 128 Å². The SMILES string of the molecule is CCc1ccc(OC(=O)c2ccc3cc(O)ccc3c2)cc1. The zero-order valence-corrected chi connectivity index (χ0v) is 12.2. The molecule has 0 unspecified atom stereocenters. The van der Waals surface area contributed by atoms with Crippen LogP contribution in [0, 0.1) is 0 Å². The molecule has 0 amide bonds. The summed E-state index contributed by atoms with van der Waals surface area (Å²) in [5, 5.41) is 11.2. The molecule has 3 aromatic rings. The fourth-order valence-corrected chi connectivity index (χ4v) is 2.32. The number of phenols is 1. The molecule has 0 aliphatic heterocycles. The molecule has 3 heteroatoms. The lowest BCUT2D eigenvalue weighted by molar-refractivity contribution is 0.0735. The molecule has 3 rings (SSSR count). The molecule has 0 aliphatic rings. The molecule has 0 aromatic heterocycles. The number of carbonyl (C=O) groups is 1. The van der Waals surface area contributed by atoms with Crippen LogP contribution in [-0.4, -0.2) is 11.1 Å². The predicted molar refractivity (Wildman–Crippen MR) is 86.4 cm³/mol. The largest absolute Gasteiger partial charge is 0.508 e. The number of carbonyl (C=O) groups excluding carboxylic acids is 1. The molecule has 0 radical (unpaired) electrons. The van der Waals surface area contributed by atoms with E-state index in [0.717, 1.165) is 17.2 Å². The minimum atomic E-state index is -0.390. The number of aromatic hydroxyl groups is 1. The molecule has 0 fully saturated rings. The van der Waals surface area contributed by atoms with Gasteiger partial charge in [0.2, 0.25) is 0 Å². The topological polar surface area (TPSA) is 46.5 Å². The third-order valence-corrected chi connectivity index (χ3v) is 3.60. The number of hydrogen-bond acceptors (Lipinski definition) is 3. The van der Waals surface area contributed by atoms with Crippen molar-refractivity contribution in [3.8, 4) is 11.5 Å². The van der Waals surface area contributed by atoms with Crippen molar-refractivity contribution in [2.75, 3.05) is 0 Å². The maximum atomic E-state index is 12.2. The van der Waals surface area contributed by atoms with E-state index < -0.39 is 0 Å². The second-order valence-corrected chi connectivity index (χ2v) is 5.13. The van der Waals surface area contributed by atoms with Crippen molar-refractivity contribution in [3.63, 3.8) is 0 Å². The van der Waals surface area contributed by atoms with E-state index in [-0.39, 0.29) is 11.7 Å². The standard InChI is InChI=1S/C19H16O3/c1-2-13-3-9-18(10-4-13)22-19(21)16-6-5-15-12-17(20)8-7-14(15)11-16/h3-12,20H,2H2,1H3. The number of ether oxygens (including phenoxy) is 1. The number of rotatable bonds is 3. The number of aryl methyl sites for hydroxylation is 1. The van der Waals surface area contributed by atoms with Crippen LogP contribution in [0.1, 0.15) is 22.8 Å². The van der Waals surface area contributed by atoms with E-state index in [1.54, 1.807) is 48.5 Å². The van der Waals surface area contributed by atoms with Gasteiger partial charge < -0.3 is 9.84 Å². The number of hydrogen-bond donors (Lipinski definition) is 1. The van der Waals surface area contributed by atoms with Gasteiger partial charge in [0.25, 0.3) is 0 Å². The summed E-state index contributed by atoms with van der Waals surface area (Å²) in [4.78, 5) is 12.2. The quantitative estimate of drug-likeness (QED) is 0.577. The number of esters is 1. The van der Waals surface area contributed by atoms with Crippen LogP contribution in [0.5, 0.6) is 11.5 Å². The summed E-state index contributed by atoms with van der Waals surface area (Å²) < 4.78 is 5.38. The summed E-state index contributed by atoms with van der Waals surface area (Å²) in [6.07, 6.45) is 0.950. The highest BCUT2D eigenvalue weighted by Crippen LogP contribution is 2.22. The van der Waals surface area contributed by atoms with Crippen molar-refractivity contribution in [1.82, 2.24) is 0 Å². The summed E-state index contributed by atoms with van der Waals surface area (Å²) in [6.45, 7) is 2.08. The maximum absolute atomic E-state index is 12.2. The highest BCUT2D eigenvalue weighted by atomic mass is 16.5. The summed E-state index contributed by atoms with van der Waals surface area (Å²) in [6, 6.07) is 17.8. The molecule has 0 saturated heterocycles. The zero-order valence-electron chi connectivity index (χ0n) is 12.2. The number of fused-ring (bicyclic) bond motifs is 1. The van der Waals surface area contributed by atoms with Crippen molar-refractivity contribution in [1.29, 1.82) is 0 Å². The van der Waals surface area contributed by atoms with Gasteiger partial charge in [-0.2, -0.15) is 0 Å². The molecule has 0 saturated carbocycles. The van der Waals surface area contributed by atoms with Gasteiger partial charge in [0.05, 0.1) is 5.56 Å². The Morgan fingerprint density at radius 2 is 1.64 bits per heavy atom. The van der Waals surface area contributed by atoms with Gasteiger partial charge in [-0.15, -0.1) is 0 Å². The first kappa shape index (κ1) is 14.1. The Bertz CT molecular complexity index is 820. The van der Waals surface area contributed by atoms with E-state index >= 15 is 0 Å². The molecule has 0 spiro atoms. The lowest BCUT2D eigenvalue weighted by atomic mass is 10.1. The molecular formula is C19H16O3. The summed E-state index contributed by atoms with van der Waals surface area (Å²) in [7, 11) is 0. The van der Waals surface area contributed by atoms with Gasteiger partial charge in [-0.25, -0.2) is 4.79 Å². The Balaban J connectivity index is 1.83. The minimum absolute atomic E-state index is 0.207. The molecule has 110 valence electrons. The maximum Gasteiger partial charge on any atom is 0.343 e. The molecule has 0 aliphatic carbocycles. The molecule has 0 bridgehead atoms. The first-order valence-electron chi connectivity index (χ1n) is 7.19. The van der Waals surface area contributed by atoms with Crippen molar-refractivity contribution in [2.24, 2.45) is 0 Å². The molecule has 3 nitrogen and oxygen atoms in total. The van der Waals surface area contributed by atoms with E-state index in [0.29, 0.717) is 11.3 Å². The average molecular weight is 292 g/mol. The molecule has 1 N–H and O–H groups in total. The third-order valence-electron chi connectivity index (χ3n) is 3.60. The Morgan fingerprint density at radius 1 is 0.955 bits per heavy atom. The minimum Gasteiger partial charge on any atom is -0.508 e. The molecular weight excluding hydrogens is 276 g/mol. The normalized spacial score (nSPS) is 10.6. The Kier molecular flexibility index (Phi) is 3.79. The van der Waals surface area contributed by atoms with Crippen molar-refractivity contribution < 1.29 is 14.6 Å². The van der Waals surface area contributed by atoms with Crippen molar-refractivity contribution in [3.05, 3.63) is 71.8 Å². The second kappa shape index (κ2) is 5.90. The van der Waals surface area contributed by atoms with Crippen LogP contribution in [0.25, 0.3) is 10.8 Å². The summed E-state index contributed by atoms with van der Waals surface area (Å²) in [5.74, 6) is 0.353. The van der Waals surface area contributed by atoms with Gasteiger partial charge in [0.1, 0.15) is 11.5 Å². The second-order valence-electron chi connectivity index (χ2n) is 5.13. The average Bonchev–Trinajstić information content (AvgIpc) is 2.55. The first-order chi connectivity index (χ1) is 10.7. The molecule has 3 aromatic carbocycles. The van der Waals surface area contributed by atoms with Crippen LogP contribution in [-0.2, 0) is 6.42 Å². The van der Waals surface area contributed by atoms with Gasteiger partial charge in [0, 0.05) is 0 Å². The van der Waals surface area contributed by atoms with E-state index in [1.807, 2.05) is 12.1 Å². The van der Waals surface area contributed by atoms with Gasteiger partial charge in [-0.3, -0.25) is 0 Å². The van der Waals surface area contributed by atoms with E-state index in [1.165, 1.54) is 5.56 Å². The van der Waals surface area contributed by atoms with Gasteiger partial charge >= 0.3 is 5.97 Å². The predicted octanol–water partition coefficient (Wildman–Crippen LogP) is 4.33. The molecule has 0 atom stereocenters. The van der Waals surface area contributed by atoms with E-state index in [4.69, 9.17) is 4.74 Å². The van der Waals surface area contributed by atoms with Crippen LogP contribution in [0.3, 0.4) is 0 Å². The van der Waals surface area contributed by atoms with Crippen LogP contribution in [0.2, 0.25) is 0 Å². The van der Waals surface area contributed by atoms with Crippen LogP contribution in [0.15, 0.2) is 60.7 Å². The van der Waals surface area contributed by atoms with Crippen molar-refractivity contribution in [2.45, 2.75) is 13.3 Å². The summed E-state index contributed by atoms with van der Waals surface area (Å²) >= 11 is 0. The Morgan fingerprint density at radius 3 is 2.36 bits per heavy atom. The first-order valence-corrected chi connectivity index (χ1v) is 7.19. The van der Waals surface area contributed by atoms with Crippen LogP contribution >= 0.6 is 0 Å². The highest BCUT2D eigenvalue weighted by Gasteiger charge is 2.09. The third kappa shape index (κ3) is 2.93. The number of phenolic OH excluding ortho intramolecular Hbond substituents is 1. The smallest absolute Gasteiger partial charge is 0.343 e. The zero-order chi connectivity index (χ0) is 15.5. The molecule has 0 heterocycles. The summed E-state index contributed by atoms with van der Waals surface area (Å²) in [5.41, 5.74) is 1.68. The lowest BCUT2D eigenvalue weighted by Crippen LogP contribution is -2.08. The fourth-order valence-electron chi connectivity index (χ4n) is 2.32. The molecule has 22 heavy (non-hydrogen) atoms. The van der Waals surface area contributed by atoms with Crippen molar-refractivity contribution >= 4 is 16.7 Å². The van der Waals surface area contributed by atoms with Crippen LogP contribution < -0.4 is 4.74 Å². The monoisotopic (exact) mass is 292 g/mol. The van der Waals surface area contributed by atoms with Gasteiger partial charge in [-0.05, 0) is 59.2 Å². The number of benzene rings is 3.